The molecule has 1 fully saturated rings. The second kappa shape index (κ2) is 10.9. The maximum Gasteiger partial charge on any atom is 0.405 e. The number of halogens is 5. The molecule has 1 aromatic carbocycles. The summed E-state index contributed by atoms with van der Waals surface area (Å²) in [4.78, 5) is 17.6. The van der Waals surface area contributed by atoms with Gasteiger partial charge in [0.15, 0.2) is 5.65 Å². The molecule has 1 aliphatic rings. The van der Waals surface area contributed by atoms with E-state index in [9.17, 15) is 26.7 Å². The molecule has 2 N–H and O–H groups in total. The normalized spacial score (nSPS) is 17.3. The molecule has 0 bridgehead atoms. The minimum absolute atomic E-state index is 0.0404. The first kappa shape index (κ1) is 27.0. The lowest BCUT2D eigenvalue weighted by molar-refractivity contribution is -0.913. The SMILES string of the molecule is O=C(NCC(F)(F)F)c1cc(-c2cnn3cc(-c4ccc(OCC[NH+]5CCCC(F)(F)C5)cc4)cnc23)cs1. The van der Waals surface area contributed by atoms with Gasteiger partial charge in [-0.05, 0) is 34.7 Å². The predicted molar refractivity (Wildman–Crippen MR) is 135 cm³/mol. The number of amides is 1. The van der Waals surface area contributed by atoms with Crippen LogP contribution in [0, 0.1) is 0 Å². The molecule has 1 amide bonds. The quantitative estimate of drug-likeness (QED) is 0.315. The number of fused-ring (bicyclic) bond motifs is 1. The standard InChI is InChI=1S/C26H24F5N5O2S/c27-25(28)6-1-7-35(16-25)8-9-38-20-4-2-17(3-5-20)19-11-32-23-21(12-34-36(23)13-19)18-10-22(39-14-18)24(37)33-15-26(29,30)31/h2-5,10-14H,1,6-9,15-16H2,(H,33,37)/p+1. The van der Waals surface area contributed by atoms with E-state index in [-0.39, 0.29) is 17.8 Å². The number of piperidine rings is 1. The second-order valence-corrected chi connectivity index (χ2v) is 10.3. The van der Waals surface area contributed by atoms with E-state index < -0.39 is 24.6 Å². The number of alkyl halides is 5. The van der Waals surface area contributed by atoms with Crippen molar-refractivity contribution >= 4 is 22.9 Å². The monoisotopic (exact) mass is 566 g/mol. The Hall–Kier alpha value is -3.58. The number of likely N-dealkylation sites (tertiary alicyclic amines) is 1. The number of quaternary nitrogens is 1. The molecule has 0 radical (unpaired) electrons. The van der Waals surface area contributed by atoms with Crippen LogP contribution in [-0.2, 0) is 0 Å². The van der Waals surface area contributed by atoms with E-state index >= 15 is 0 Å². The summed E-state index contributed by atoms with van der Waals surface area (Å²) in [6.45, 7) is 0.0540. The summed E-state index contributed by atoms with van der Waals surface area (Å²) in [5, 5.41) is 7.88. The van der Waals surface area contributed by atoms with E-state index in [4.69, 9.17) is 4.74 Å². The van der Waals surface area contributed by atoms with Gasteiger partial charge in [-0.15, -0.1) is 11.3 Å². The Labute approximate surface area is 224 Å². The van der Waals surface area contributed by atoms with Crippen molar-refractivity contribution in [1.82, 2.24) is 19.9 Å². The van der Waals surface area contributed by atoms with Crippen LogP contribution in [0.1, 0.15) is 22.5 Å². The van der Waals surface area contributed by atoms with E-state index in [1.54, 1.807) is 28.5 Å². The van der Waals surface area contributed by atoms with Gasteiger partial charge in [0.2, 0.25) is 0 Å². The van der Waals surface area contributed by atoms with E-state index in [0.29, 0.717) is 42.1 Å². The van der Waals surface area contributed by atoms with Crippen LogP contribution in [0.4, 0.5) is 22.0 Å². The Kier molecular flexibility index (Phi) is 7.54. The highest BCUT2D eigenvalue weighted by Crippen LogP contribution is 2.30. The number of hydrogen-bond donors (Lipinski definition) is 2. The van der Waals surface area contributed by atoms with Gasteiger partial charge < -0.3 is 15.0 Å². The van der Waals surface area contributed by atoms with Gasteiger partial charge in [-0.2, -0.15) is 18.3 Å². The highest BCUT2D eigenvalue weighted by molar-refractivity contribution is 7.12. The number of nitrogens with one attached hydrogen (secondary N) is 2. The molecule has 0 aliphatic carbocycles. The fraction of sp³-hybridized carbons (Fsp3) is 0.346. The van der Waals surface area contributed by atoms with Crippen molar-refractivity contribution in [3.05, 3.63) is 59.2 Å². The lowest BCUT2D eigenvalue weighted by Gasteiger charge is -2.29. The number of benzene rings is 1. The molecule has 1 saturated heterocycles. The van der Waals surface area contributed by atoms with Crippen molar-refractivity contribution in [3.63, 3.8) is 0 Å². The van der Waals surface area contributed by atoms with Crippen LogP contribution in [0.5, 0.6) is 5.75 Å². The van der Waals surface area contributed by atoms with E-state index in [1.807, 2.05) is 29.6 Å². The third kappa shape index (κ3) is 6.71. The first-order valence-electron chi connectivity index (χ1n) is 12.3. The lowest BCUT2D eigenvalue weighted by Crippen LogP contribution is -3.15. The average Bonchev–Trinajstić information content (AvgIpc) is 3.54. The van der Waals surface area contributed by atoms with Crippen LogP contribution >= 0.6 is 11.3 Å². The topological polar surface area (TPSA) is 73.0 Å². The minimum atomic E-state index is -4.48. The molecule has 0 spiro atoms. The molecule has 1 atom stereocenters. The molecule has 7 nitrogen and oxygen atoms in total. The molecule has 1 aliphatic heterocycles. The highest BCUT2D eigenvalue weighted by atomic mass is 32.1. The number of carbonyl (C=O) groups excluding carboxylic acids is 1. The van der Waals surface area contributed by atoms with Gasteiger partial charge in [-0.3, -0.25) is 4.79 Å². The number of thiophene rings is 1. The molecule has 0 saturated carbocycles. The first-order valence-corrected chi connectivity index (χ1v) is 13.2. The maximum atomic E-state index is 13.6. The Bertz CT molecular complexity index is 1450. The van der Waals surface area contributed by atoms with Crippen LogP contribution in [0.25, 0.3) is 27.9 Å². The zero-order valence-electron chi connectivity index (χ0n) is 20.6. The van der Waals surface area contributed by atoms with E-state index in [2.05, 4.69) is 10.1 Å². The molecular formula is C26H25F5N5O2S+. The largest absolute Gasteiger partial charge is 0.488 e. The summed E-state index contributed by atoms with van der Waals surface area (Å²) in [6, 6.07) is 8.88. The summed E-state index contributed by atoms with van der Waals surface area (Å²) in [6.07, 6.45) is 1.06. The minimum Gasteiger partial charge on any atom is -0.488 e. The molecule has 4 heterocycles. The Morgan fingerprint density at radius 3 is 2.69 bits per heavy atom. The van der Waals surface area contributed by atoms with Crippen LogP contribution in [0.15, 0.2) is 54.3 Å². The predicted octanol–water partition coefficient (Wildman–Crippen LogP) is 4.11. The zero-order valence-corrected chi connectivity index (χ0v) is 21.4. The number of rotatable bonds is 8. The van der Waals surface area contributed by atoms with Crippen LogP contribution < -0.4 is 15.0 Å². The van der Waals surface area contributed by atoms with Gasteiger partial charge in [0, 0.05) is 36.4 Å². The number of aromatic nitrogens is 3. The Morgan fingerprint density at radius 2 is 1.95 bits per heavy atom. The average molecular weight is 567 g/mol. The first-order chi connectivity index (χ1) is 18.6. The van der Waals surface area contributed by atoms with Gasteiger partial charge in [-0.25, -0.2) is 18.3 Å². The summed E-state index contributed by atoms with van der Waals surface area (Å²) >= 11 is 1.04. The third-order valence-corrected chi connectivity index (χ3v) is 7.36. The Balaban J connectivity index is 1.22. The second-order valence-electron chi connectivity index (χ2n) is 9.43. The number of ether oxygens (including phenoxy) is 1. The molecule has 4 aromatic rings. The summed E-state index contributed by atoms with van der Waals surface area (Å²) < 4.78 is 71.6. The number of carbonyl (C=O) groups is 1. The van der Waals surface area contributed by atoms with E-state index in [1.165, 1.54) is 6.07 Å². The Morgan fingerprint density at radius 1 is 1.15 bits per heavy atom. The fourth-order valence-corrected chi connectivity index (χ4v) is 5.32. The third-order valence-electron chi connectivity index (χ3n) is 6.43. The van der Waals surface area contributed by atoms with Gasteiger partial charge in [-0.1, -0.05) is 12.1 Å². The van der Waals surface area contributed by atoms with Crippen LogP contribution in [0.2, 0.25) is 0 Å². The molecule has 206 valence electrons. The summed E-state index contributed by atoms with van der Waals surface area (Å²) in [5.74, 6) is -2.75. The maximum absolute atomic E-state index is 13.6. The van der Waals surface area contributed by atoms with E-state index in [0.717, 1.165) is 33.9 Å². The van der Waals surface area contributed by atoms with Gasteiger partial charge in [0.1, 0.15) is 32.0 Å². The van der Waals surface area contributed by atoms with Crippen molar-refractivity contribution in [2.75, 3.05) is 32.8 Å². The van der Waals surface area contributed by atoms with Crippen molar-refractivity contribution in [3.8, 4) is 28.0 Å². The molecule has 13 heteroatoms. The van der Waals surface area contributed by atoms with Crippen molar-refractivity contribution in [1.29, 1.82) is 0 Å². The van der Waals surface area contributed by atoms with Crippen molar-refractivity contribution in [2.24, 2.45) is 0 Å². The smallest absolute Gasteiger partial charge is 0.405 e. The van der Waals surface area contributed by atoms with Crippen LogP contribution in [-0.4, -0.2) is 65.4 Å². The van der Waals surface area contributed by atoms with Crippen molar-refractivity contribution < 1.29 is 36.4 Å². The van der Waals surface area contributed by atoms with Gasteiger partial charge >= 0.3 is 6.18 Å². The number of hydrogen-bond acceptors (Lipinski definition) is 5. The summed E-state index contributed by atoms with van der Waals surface area (Å²) in [5.41, 5.74) is 3.47. The summed E-state index contributed by atoms with van der Waals surface area (Å²) in [7, 11) is 0. The molecule has 1 unspecified atom stereocenters. The van der Waals surface area contributed by atoms with Gasteiger partial charge in [0.25, 0.3) is 11.8 Å². The van der Waals surface area contributed by atoms with Gasteiger partial charge in [0.05, 0.1) is 17.6 Å². The molecule has 5 rings (SSSR count). The molecule has 3 aromatic heterocycles. The highest BCUT2D eigenvalue weighted by Gasteiger charge is 2.38. The number of nitrogens with zero attached hydrogens (tertiary/aromatic N) is 3. The van der Waals surface area contributed by atoms with Crippen LogP contribution in [0.3, 0.4) is 0 Å². The zero-order chi connectivity index (χ0) is 27.6. The fourth-order valence-electron chi connectivity index (χ4n) is 4.50. The molecule has 39 heavy (non-hydrogen) atoms. The lowest BCUT2D eigenvalue weighted by atomic mass is 10.1. The molecular weight excluding hydrogens is 541 g/mol. The van der Waals surface area contributed by atoms with Crippen molar-refractivity contribution in [2.45, 2.75) is 24.9 Å².